The maximum atomic E-state index is 11.7. The second-order valence-electron chi connectivity index (χ2n) is 4.67. The zero-order valence-corrected chi connectivity index (χ0v) is 10.3. The summed E-state index contributed by atoms with van der Waals surface area (Å²) in [6, 6.07) is 3.68. The molecule has 3 heterocycles. The van der Waals surface area contributed by atoms with E-state index in [-0.39, 0.29) is 17.5 Å². The molecule has 0 radical (unpaired) electrons. The summed E-state index contributed by atoms with van der Waals surface area (Å²) in [5, 5.41) is 10.4. The summed E-state index contributed by atoms with van der Waals surface area (Å²) in [5.74, 6) is 0.685. The molecule has 2 aromatic rings. The number of amides is 1. The van der Waals surface area contributed by atoms with Crippen LogP contribution >= 0.6 is 0 Å². The summed E-state index contributed by atoms with van der Waals surface area (Å²) in [4.78, 5) is 25.5. The molecule has 1 aliphatic heterocycles. The minimum atomic E-state index is -0.147. The van der Waals surface area contributed by atoms with Gasteiger partial charge in [0, 0.05) is 25.2 Å². The molecule has 1 amide bonds. The number of aromatic nitrogens is 3. The van der Waals surface area contributed by atoms with Crippen LogP contribution in [0.25, 0.3) is 5.52 Å². The zero-order chi connectivity index (χ0) is 13.2. The summed E-state index contributed by atoms with van der Waals surface area (Å²) in [6.07, 6.45) is 3.19. The Balaban J connectivity index is 1.62. The average molecular weight is 261 g/mol. The van der Waals surface area contributed by atoms with E-state index in [1.54, 1.807) is 22.8 Å². The maximum Gasteiger partial charge on any atom is 0.275 e. The Morgan fingerprint density at radius 2 is 2.37 bits per heavy atom. The lowest BCUT2D eigenvalue weighted by atomic mass is 10.2. The minimum absolute atomic E-state index is 0.104. The van der Waals surface area contributed by atoms with Crippen molar-refractivity contribution in [3.05, 3.63) is 34.5 Å². The van der Waals surface area contributed by atoms with Gasteiger partial charge in [-0.05, 0) is 18.6 Å². The highest BCUT2D eigenvalue weighted by molar-refractivity contribution is 5.78. The predicted molar refractivity (Wildman–Crippen MR) is 68.7 cm³/mol. The third-order valence-corrected chi connectivity index (χ3v) is 3.22. The van der Waals surface area contributed by atoms with Crippen LogP contribution in [0.1, 0.15) is 18.7 Å². The van der Waals surface area contributed by atoms with Gasteiger partial charge in [0.05, 0.1) is 6.54 Å². The molecule has 0 saturated carbocycles. The van der Waals surface area contributed by atoms with E-state index in [0.29, 0.717) is 30.9 Å². The van der Waals surface area contributed by atoms with Gasteiger partial charge in [0.25, 0.3) is 5.56 Å². The number of nitrogens with one attached hydrogen (secondary N) is 3. The van der Waals surface area contributed by atoms with E-state index in [1.165, 1.54) is 0 Å². The van der Waals surface area contributed by atoms with Crippen molar-refractivity contribution < 1.29 is 4.79 Å². The van der Waals surface area contributed by atoms with Crippen molar-refractivity contribution in [3.8, 4) is 0 Å². The van der Waals surface area contributed by atoms with E-state index in [2.05, 4.69) is 20.7 Å². The molecular formula is C12H15N5O2. The minimum Gasteiger partial charge on any atom is -0.352 e. The summed E-state index contributed by atoms with van der Waals surface area (Å²) < 4.78 is 1.56. The number of rotatable bonds is 4. The first kappa shape index (κ1) is 11.9. The molecule has 1 saturated heterocycles. The SMILES string of the molecule is O=C1CC[C@@H](CNCc2nn3cccc3c(=O)[nH]2)N1. The highest BCUT2D eigenvalue weighted by atomic mass is 16.2. The zero-order valence-electron chi connectivity index (χ0n) is 10.3. The van der Waals surface area contributed by atoms with Crippen LogP contribution in [-0.2, 0) is 11.3 Å². The van der Waals surface area contributed by atoms with Crippen LogP contribution in [0.2, 0.25) is 0 Å². The van der Waals surface area contributed by atoms with Crippen LogP contribution in [0, 0.1) is 0 Å². The third-order valence-electron chi connectivity index (χ3n) is 3.22. The van der Waals surface area contributed by atoms with Gasteiger partial charge in [0.15, 0.2) is 0 Å². The normalized spacial score (nSPS) is 18.9. The van der Waals surface area contributed by atoms with Crippen molar-refractivity contribution in [1.82, 2.24) is 25.2 Å². The highest BCUT2D eigenvalue weighted by Gasteiger charge is 2.19. The van der Waals surface area contributed by atoms with Gasteiger partial charge in [-0.2, -0.15) is 5.10 Å². The Kier molecular flexibility index (Phi) is 3.04. The first-order valence-electron chi connectivity index (χ1n) is 6.29. The largest absolute Gasteiger partial charge is 0.352 e. The molecule has 3 rings (SSSR count). The van der Waals surface area contributed by atoms with E-state index < -0.39 is 0 Å². The van der Waals surface area contributed by atoms with Crippen molar-refractivity contribution in [1.29, 1.82) is 0 Å². The molecule has 0 bridgehead atoms. The van der Waals surface area contributed by atoms with E-state index in [9.17, 15) is 9.59 Å². The van der Waals surface area contributed by atoms with E-state index in [1.807, 2.05) is 0 Å². The topological polar surface area (TPSA) is 91.3 Å². The number of carbonyl (C=O) groups excluding carboxylic acids is 1. The number of aromatic amines is 1. The first-order chi connectivity index (χ1) is 9.22. The monoisotopic (exact) mass is 261 g/mol. The van der Waals surface area contributed by atoms with Crippen molar-refractivity contribution in [2.45, 2.75) is 25.4 Å². The number of carbonyl (C=O) groups is 1. The first-order valence-corrected chi connectivity index (χ1v) is 6.29. The van der Waals surface area contributed by atoms with Crippen molar-refractivity contribution >= 4 is 11.4 Å². The number of nitrogens with zero attached hydrogens (tertiary/aromatic N) is 2. The molecule has 0 spiro atoms. The van der Waals surface area contributed by atoms with E-state index in [0.717, 1.165) is 6.42 Å². The summed E-state index contributed by atoms with van der Waals surface area (Å²) in [6.45, 7) is 1.15. The molecule has 2 aromatic heterocycles. The second kappa shape index (κ2) is 4.85. The molecule has 7 nitrogen and oxygen atoms in total. The molecule has 3 N–H and O–H groups in total. The van der Waals surface area contributed by atoms with Gasteiger partial charge in [0.2, 0.25) is 5.91 Å². The Hall–Kier alpha value is -2.15. The Morgan fingerprint density at radius 3 is 3.16 bits per heavy atom. The quantitative estimate of drug-likeness (QED) is 0.685. The lowest BCUT2D eigenvalue weighted by Gasteiger charge is -2.10. The molecule has 7 heteroatoms. The van der Waals surface area contributed by atoms with Gasteiger partial charge in [-0.25, -0.2) is 4.52 Å². The fourth-order valence-corrected chi connectivity index (χ4v) is 2.26. The van der Waals surface area contributed by atoms with Crippen molar-refractivity contribution in [2.75, 3.05) is 6.54 Å². The fourth-order valence-electron chi connectivity index (χ4n) is 2.26. The van der Waals surface area contributed by atoms with E-state index in [4.69, 9.17) is 0 Å². The lowest BCUT2D eigenvalue weighted by molar-refractivity contribution is -0.119. The van der Waals surface area contributed by atoms with Crippen molar-refractivity contribution in [2.24, 2.45) is 0 Å². The molecule has 0 aromatic carbocycles. The maximum absolute atomic E-state index is 11.7. The lowest BCUT2D eigenvalue weighted by Crippen LogP contribution is -2.36. The number of hydrogen-bond acceptors (Lipinski definition) is 4. The Bertz CT molecular complexity index is 659. The van der Waals surface area contributed by atoms with Gasteiger partial charge in [-0.3, -0.25) is 9.59 Å². The van der Waals surface area contributed by atoms with Crippen LogP contribution in [0.3, 0.4) is 0 Å². The molecular weight excluding hydrogens is 246 g/mol. The molecule has 19 heavy (non-hydrogen) atoms. The standard InChI is InChI=1S/C12H15N5O2/c18-11-4-3-8(14-11)6-13-7-10-15-12(19)9-2-1-5-17(9)16-10/h1-2,5,8,13H,3-4,6-7H2,(H,14,18)(H,15,16,19)/t8-/m0/s1. The second-order valence-corrected chi connectivity index (χ2v) is 4.67. The third kappa shape index (κ3) is 2.50. The molecule has 1 fully saturated rings. The van der Waals surface area contributed by atoms with Gasteiger partial charge in [-0.1, -0.05) is 0 Å². The molecule has 1 atom stereocenters. The molecule has 100 valence electrons. The Morgan fingerprint density at radius 1 is 1.47 bits per heavy atom. The highest BCUT2D eigenvalue weighted by Crippen LogP contribution is 2.05. The number of hydrogen-bond donors (Lipinski definition) is 3. The van der Waals surface area contributed by atoms with Crippen LogP contribution in [0.15, 0.2) is 23.1 Å². The van der Waals surface area contributed by atoms with Gasteiger partial charge >= 0.3 is 0 Å². The number of H-pyrrole nitrogens is 1. The van der Waals surface area contributed by atoms with Gasteiger partial charge in [0.1, 0.15) is 11.3 Å². The Labute approximate surface area is 109 Å². The fraction of sp³-hybridized carbons (Fsp3) is 0.417. The average Bonchev–Trinajstić information content (AvgIpc) is 2.98. The van der Waals surface area contributed by atoms with Crippen LogP contribution < -0.4 is 16.2 Å². The van der Waals surface area contributed by atoms with Gasteiger partial charge in [-0.15, -0.1) is 0 Å². The molecule has 0 unspecified atom stereocenters. The van der Waals surface area contributed by atoms with Gasteiger partial charge < -0.3 is 15.6 Å². The molecule has 0 aliphatic carbocycles. The smallest absolute Gasteiger partial charge is 0.275 e. The van der Waals surface area contributed by atoms with Crippen LogP contribution in [-0.4, -0.2) is 33.1 Å². The van der Waals surface area contributed by atoms with Crippen LogP contribution in [0.5, 0.6) is 0 Å². The predicted octanol–water partition coefficient (Wildman–Crippen LogP) is -0.609. The van der Waals surface area contributed by atoms with Crippen LogP contribution in [0.4, 0.5) is 0 Å². The summed E-state index contributed by atoms with van der Waals surface area (Å²) >= 11 is 0. The summed E-state index contributed by atoms with van der Waals surface area (Å²) in [7, 11) is 0. The van der Waals surface area contributed by atoms with Crippen molar-refractivity contribution in [3.63, 3.8) is 0 Å². The number of fused-ring (bicyclic) bond motifs is 1. The summed E-state index contributed by atoms with van der Waals surface area (Å²) in [5.41, 5.74) is 0.387. The van der Waals surface area contributed by atoms with E-state index >= 15 is 0 Å². The molecule has 1 aliphatic rings.